The highest BCUT2D eigenvalue weighted by Gasteiger charge is 2.22. The molecule has 0 bridgehead atoms. The van der Waals surface area contributed by atoms with Crippen LogP contribution in [0.15, 0.2) is 57.9 Å². The predicted octanol–water partition coefficient (Wildman–Crippen LogP) is 5.08. The molecule has 2 aromatic rings. The van der Waals surface area contributed by atoms with Crippen LogP contribution in [-0.4, -0.2) is 41.0 Å². The van der Waals surface area contributed by atoms with Crippen LogP contribution in [0.1, 0.15) is 23.7 Å². The van der Waals surface area contributed by atoms with E-state index in [4.69, 9.17) is 21.6 Å². The first-order valence-electron chi connectivity index (χ1n) is 8.24. The second kappa shape index (κ2) is 7.64. The number of thioether (sulfide) groups is 1. The molecule has 0 amide bonds. The van der Waals surface area contributed by atoms with Crippen LogP contribution < -0.4 is 0 Å². The number of allylic oxidation sites excluding steroid dienone is 1. The summed E-state index contributed by atoms with van der Waals surface area (Å²) in [5.74, 6) is 0. The van der Waals surface area contributed by atoms with Gasteiger partial charge in [0.1, 0.15) is 10.7 Å². The summed E-state index contributed by atoms with van der Waals surface area (Å²) in [6.07, 6.45) is 3.85. The zero-order chi connectivity index (χ0) is 18.8. The first-order valence-corrected chi connectivity index (χ1v) is 9.84. The summed E-state index contributed by atoms with van der Waals surface area (Å²) in [6, 6.07) is 9.74. The summed E-state index contributed by atoms with van der Waals surface area (Å²) in [6.45, 7) is 4.02. The van der Waals surface area contributed by atoms with Crippen LogP contribution in [0.2, 0.25) is 5.02 Å². The largest absolute Gasteiger partial charge is 0.379 e. The molecule has 26 heavy (non-hydrogen) atoms. The lowest BCUT2D eigenvalue weighted by atomic mass is 10.0. The van der Waals surface area contributed by atoms with Crippen molar-refractivity contribution in [2.24, 2.45) is 9.98 Å². The molecule has 134 valence electrons. The van der Waals surface area contributed by atoms with Crippen molar-refractivity contribution < 1.29 is 0 Å². The Morgan fingerprint density at radius 1 is 1.12 bits per heavy atom. The third-order valence-electron chi connectivity index (χ3n) is 4.26. The Labute approximate surface area is 163 Å². The van der Waals surface area contributed by atoms with Crippen LogP contribution in [0, 0.1) is 6.92 Å². The van der Waals surface area contributed by atoms with Gasteiger partial charge in [-0.2, -0.15) is 0 Å². The summed E-state index contributed by atoms with van der Waals surface area (Å²) in [4.78, 5) is 16.5. The number of aliphatic imine (C=N–C) groups is 2. The molecule has 1 aliphatic heterocycles. The molecule has 0 unspecified atom stereocenters. The molecule has 0 spiro atoms. The molecule has 0 atom stereocenters. The normalized spacial score (nSPS) is 15.6. The summed E-state index contributed by atoms with van der Waals surface area (Å²) in [7, 11) is 4.02. The Kier molecular flexibility index (Phi) is 5.49. The average molecular weight is 385 g/mol. The van der Waals surface area contributed by atoms with Crippen LogP contribution in [0.25, 0.3) is 0 Å². The van der Waals surface area contributed by atoms with Gasteiger partial charge in [0.15, 0.2) is 0 Å². The number of hydrogen-bond donors (Lipinski definition) is 0. The molecule has 6 heteroatoms. The third kappa shape index (κ3) is 3.55. The van der Waals surface area contributed by atoms with Gasteiger partial charge in [0.2, 0.25) is 0 Å². The number of aromatic nitrogens is 1. The maximum absolute atomic E-state index is 6.50. The van der Waals surface area contributed by atoms with Gasteiger partial charge >= 0.3 is 0 Å². The second-order valence-electron chi connectivity index (χ2n) is 6.23. The molecule has 0 aliphatic carbocycles. The lowest BCUT2D eigenvalue weighted by Crippen LogP contribution is -2.14. The van der Waals surface area contributed by atoms with Gasteiger partial charge in [0.25, 0.3) is 0 Å². The van der Waals surface area contributed by atoms with Gasteiger partial charge in [-0.25, -0.2) is 9.98 Å². The van der Waals surface area contributed by atoms with Crippen molar-refractivity contribution in [2.75, 3.05) is 20.4 Å². The molecule has 0 radical (unpaired) electrons. The smallest absolute Gasteiger partial charge is 0.124 e. The highest BCUT2D eigenvalue weighted by molar-refractivity contribution is 8.13. The highest BCUT2D eigenvalue weighted by atomic mass is 35.5. The molecule has 2 heterocycles. The molecule has 4 nitrogen and oxygen atoms in total. The average Bonchev–Trinajstić information content (AvgIpc) is 2.77. The van der Waals surface area contributed by atoms with Crippen LogP contribution >= 0.6 is 23.4 Å². The van der Waals surface area contributed by atoms with Gasteiger partial charge in [0.05, 0.1) is 11.4 Å². The van der Waals surface area contributed by atoms with Crippen molar-refractivity contribution >= 4 is 39.8 Å². The van der Waals surface area contributed by atoms with E-state index in [2.05, 4.69) is 4.98 Å². The Morgan fingerprint density at radius 3 is 2.50 bits per heavy atom. The number of pyridine rings is 1. The minimum atomic E-state index is 0.659. The first-order chi connectivity index (χ1) is 12.4. The number of halogens is 1. The number of fused-ring (bicyclic) bond motifs is 1. The fourth-order valence-corrected chi connectivity index (χ4v) is 3.45. The van der Waals surface area contributed by atoms with E-state index in [0.717, 1.165) is 44.7 Å². The van der Waals surface area contributed by atoms with Crippen LogP contribution in [0.5, 0.6) is 0 Å². The van der Waals surface area contributed by atoms with E-state index in [0.29, 0.717) is 5.02 Å². The van der Waals surface area contributed by atoms with Crippen LogP contribution in [-0.2, 0) is 0 Å². The van der Waals surface area contributed by atoms with Gasteiger partial charge < -0.3 is 4.90 Å². The number of hydrogen-bond acceptors (Lipinski definition) is 5. The Balaban J connectivity index is 2.38. The fourth-order valence-electron chi connectivity index (χ4n) is 2.65. The minimum Gasteiger partial charge on any atom is -0.379 e. The molecule has 0 N–H and O–H groups in total. The van der Waals surface area contributed by atoms with E-state index in [9.17, 15) is 0 Å². The molecule has 3 rings (SSSR count). The van der Waals surface area contributed by atoms with Crippen molar-refractivity contribution in [3.63, 3.8) is 0 Å². The van der Waals surface area contributed by atoms with E-state index in [-0.39, 0.29) is 0 Å². The van der Waals surface area contributed by atoms with Gasteiger partial charge in [-0.05, 0) is 32.2 Å². The number of rotatable bonds is 2. The molecule has 1 aliphatic rings. The monoisotopic (exact) mass is 384 g/mol. The van der Waals surface area contributed by atoms with Gasteiger partial charge in [-0.3, -0.25) is 4.98 Å². The van der Waals surface area contributed by atoms with E-state index in [1.54, 1.807) is 11.8 Å². The van der Waals surface area contributed by atoms with E-state index < -0.39 is 0 Å². The summed E-state index contributed by atoms with van der Waals surface area (Å²) < 4.78 is 0. The molecule has 0 saturated carbocycles. The number of benzene rings is 1. The van der Waals surface area contributed by atoms with Crippen molar-refractivity contribution in [3.8, 4) is 0 Å². The van der Waals surface area contributed by atoms with Crippen LogP contribution in [0.3, 0.4) is 0 Å². The second-order valence-corrected chi connectivity index (χ2v) is 7.43. The molecular weight excluding hydrogens is 364 g/mol. The Bertz CT molecular complexity index is 945. The molecule has 0 fully saturated rings. The quantitative estimate of drug-likeness (QED) is 0.724. The standard InChI is InChI=1S/C20H21ClN4S/c1-12-10-17-15(11-22-12)19(14-8-6-7-9-16(14)21)24-18(13(2)25(3)4)20(23-17)26-5/h6-11H,1-5H3. The van der Waals surface area contributed by atoms with E-state index >= 15 is 0 Å². The SMILES string of the molecule is CSC1=Nc2cc(C)ncc2C(c2ccccc2Cl)=NC1=C(C)N(C)C. The Hall–Kier alpha value is -2.11. The molecule has 1 aromatic heterocycles. The first kappa shape index (κ1) is 18.7. The zero-order valence-electron chi connectivity index (χ0n) is 15.5. The van der Waals surface area contributed by atoms with Crippen molar-refractivity contribution in [2.45, 2.75) is 13.8 Å². The van der Waals surface area contributed by atoms with Gasteiger partial charge in [-0.1, -0.05) is 29.8 Å². The van der Waals surface area contributed by atoms with Gasteiger partial charge in [0, 0.05) is 47.8 Å². The molecular formula is C20H21ClN4S. The van der Waals surface area contributed by atoms with Crippen molar-refractivity contribution in [1.29, 1.82) is 0 Å². The molecule has 1 aromatic carbocycles. The van der Waals surface area contributed by atoms with E-state index in [1.807, 2.05) is 75.6 Å². The van der Waals surface area contributed by atoms with Crippen molar-refractivity contribution in [3.05, 3.63) is 69.8 Å². The highest BCUT2D eigenvalue weighted by Crippen LogP contribution is 2.33. The lowest BCUT2D eigenvalue weighted by Gasteiger charge is -2.17. The Morgan fingerprint density at radius 2 is 1.85 bits per heavy atom. The number of aryl methyl sites for hydroxylation is 1. The summed E-state index contributed by atoms with van der Waals surface area (Å²) in [5.41, 5.74) is 6.23. The van der Waals surface area contributed by atoms with Crippen molar-refractivity contribution in [1.82, 2.24) is 9.88 Å². The topological polar surface area (TPSA) is 40.9 Å². The van der Waals surface area contributed by atoms with E-state index in [1.165, 1.54) is 0 Å². The third-order valence-corrected chi connectivity index (χ3v) is 5.26. The fraction of sp³-hybridized carbons (Fsp3) is 0.250. The van der Waals surface area contributed by atoms with Crippen LogP contribution in [0.4, 0.5) is 5.69 Å². The molecule has 0 saturated heterocycles. The maximum atomic E-state index is 6.50. The zero-order valence-corrected chi connectivity index (χ0v) is 17.1. The predicted molar refractivity (Wildman–Crippen MR) is 113 cm³/mol. The number of nitrogens with zero attached hydrogens (tertiary/aromatic N) is 4. The lowest BCUT2D eigenvalue weighted by molar-refractivity contribution is 0.509. The minimum absolute atomic E-state index is 0.659. The summed E-state index contributed by atoms with van der Waals surface area (Å²) >= 11 is 8.09. The summed E-state index contributed by atoms with van der Waals surface area (Å²) in [5, 5.41) is 1.54. The maximum Gasteiger partial charge on any atom is 0.124 e. The van der Waals surface area contributed by atoms with Gasteiger partial charge in [-0.15, -0.1) is 11.8 Å².